The van der Waals surface area contributed by atoms with Crippen molar-refractivity contribution in [2.45, 2.75) is 6.42 Å². The second kappa shape index (κ2) is 6.42. The van der Waals surface area contributed by atoms with Gasteiger partial charge in [-0.2, -0.15) is 0 Å². The normalized spacial score (nSPS) is 9.65. The molecule has 0 fully saturated rings. The van der Waals surface area contributed by atoms with E-state index in [4.69, 9.17) is 4.74 Å². The Kier molecular flexibility index (Phi) is 4.87. The number of ketones is 1. The van der Waals surface area contributed by atoms with Crippen molar-refractivity contribution in [1.82, 2.24) is 0 Å². The molecular weight excluding hydrogens is 222 g/mol. The zero-order valence-electron chi connectivity index (χ0n) is 9.30. The molecule has 1 aromatic rings. The first-order valence-corrected chi connectivity index (χ1v) is 5.08. The fraction of sp³-hybridized carbons (Fsp3) is 0.250. The summed E-state index contributed by atoms with van der Waals surface area (Å²) in [6.07, 6.45) is 2.35. The van der Waals surface area contributed by atoms with E-state index in [-0.39, 0.29) is 6.61 Å². The van der Waals surface area contributed by atoms with E-state index in [1.807, 2.05) is 12.1 Å². The number of para-hydroxylation sites is 1. The average Bonchev–Trinajstić information content (AvgIpc) is 2.27. The molecule has 0 saturated carbocycles. The third-order valence-corrected chi connectivity index (χ3v) is 2.03. The molecule has 0 saturated heterocycles. The van der Waals surface area contributed by atoms with Gasteiger partial charge in [0.1, 0.15) is 5.75 Å². The van der Waals surface area contributed by atoms with Crippen LogP contribution in [0.25, 0.3) is 0 Å². The smallest absolute Gasteiger partial charge is 0.264 e. The molecule has 1 aromatic carbocycles. The molecule has 0 amide bonds. The summed E-state index contributed by atoms with van der Waals surface area (Å²) in [6.45, 7) is 2.63. The van der Waals surface area contributed by atoms with Crippen molar-refractivity contribution in [3.8, 4) is 5.75 Å². The van der Waals surface area contributed by atoms with Gasteiger partial charge in [-0.15, -0.1) is 6.58 Å². The monoisotopic (exact) mass is 235 g/mol. The van der Waals surface area contributed by atoms with Crippen LogP contribution in [0.1, 0.15) is 5.56 Å². The molecule has 17 heavy (non-hydrogen) atoms. The number of nitrogens with zero attached hydrogens (tertiary/aromatic N) is 1. The zero-order valence-corrected chi connectivity index (χ0v) is 9.30. The van der Waals surface area contributed by atoms with Gasteiger partial charge in [0, 0.05) is 4.92 Å². The van der Waals surface area contributed by atoms with Crippen molar-refractivity contribution in [2.75, 3.05) is 13.2 Å². The number of benzene rings is 1. The van der Waals surface area contributed by atoms with Crippen LogP contribution in [0.2, 0.25) is 0 Å². The second-order valence-electron chi connectivity index (χ2n) is 3.42. The predicted molar refractivity (Wildman–Crippen MR) is 62.7 cm³/mol. The van der Waals surface area contributed by atoms with Crippen LogP contribution in [0.4, 0.5) is 0 Å². The lowest BCUT2D eigenvalue weighted by atomic mass is 10.1. The van der Waals surface area contributed by atoms with Crippen molar-refractivity contribution in [3.63, 3.8) is 0 Å². The molecule has 1 rings (SSSR count). The van der Waals surface area contributed by atoms with E-state index < -0.39 is 17.3 Å². The standard InChI is InChI=1S/C12H13NO4/c1-2-5-10-6-3-4-7-12(10)17-9-11(14)8-13(15)16/h2-4,6-7H,1,5,8-9H2. The van der Waals surface area contributed by atoms with Gasteiger partial charge in [-0.05, 0) is 18.1 Å². The van der Waals surface area contributed by atoms with Gasteiger partial charge in [0.15, 0.2) is 6.61 Å². The SMILES string of the molecule is C=CCc1ccccc1OCC(=O)C[N+](=O)[O-]. The van der Waals surface area contributed by atoms with Crippen LogP contribution < -0.4 is 4.74 Å². The van der Waals surface area contributed by atoms with Crippen LogP contribution in [0.3, 0.4) is 0 Å². The van der Waals surface area contributed by atoms with E-state index in [9.17, 15) is 14.9 Å². The van der Waals surface area contributed by atoms with Crippen molar-refractivity contribution < 1.29 is 14.5 Å². The van der Waals surface area contributed by atoms with Crippen LogP contribution in [-0.2, 0) is 11.2 Å². The third-order valence-electron chi connectivity index (χ3n) is 2.03. The highest BCUT2D eigenvalue weighted by Crippen LogP contribution is 2.18. The Balaban J connectivity index is 2.59. The Morgan fingerprint density at radius 2 is 2.18 bits per heavy atom. The second-order valence-corrected chi connectivity index (χ2v) is 3.42. The number of hydrogen-bond acceptors (Lipinski definition) is 4. The number of nitro groups is 1. The van der Waals surface area contributed by atoms with Gasteiger partial charge >= 0.3 is 0 Å². The molecule has 0 heterocycles. The molecule has 0 aliphatic rings. The molecule has 0 spiro atoms. The number of allylic oxidation sites excluding steroid dienone is 1. The fourth-order valence-corrected chi connectivity index (χ4v) is 1.32. The lowest BCUT2D eigenvalue weighted by Crippen LogP contribution is -2.20. The minimum Gasteiger partial charge on any atom is -0.485 e. The van der Waals surface area contributed by atoms with E-state index in [2.05, 4.69) is 6.58 Å². The number of Topliss-reactive ketones (excluding diaryl/α,β-unsaturated/α-hetero) is 1. The van der Waals surface area contributed by atoms with Gasteiger partial charge in [0.05, 0.1) is 0 Å². The van der Waals surface area contributed by atoms with Gasteiger partial charge in [0.25, 0.3) is 6.54 Å². The van der Waals surface area contributed by atoms with Crippen molar-refractivity contribution in [2.24, 2.45) is 0 Å². The summed E-state index contributed by atoms with van der Waals surface area (Å²) in [4.78, 5) is 20.6. The van der Waals surface area contributed by atoms with Gasteiger partial charge in [-0.3, -0.25) is 14.9 Å². The zero-order chi connectivity index (χ0) is 12.7. The van der Waals surface area contributed by atoms with E-state index in [1.165, 1.54) is 0 Å². The maximum absolute atomic E-state index is 11.1. The van der Waals surface area contributed by atoms with Crippen LogP contribution in [-0.4, -0.2) is 23.9 Å². The van der Waals surface area contributed by atoms with Gasteiger partial charge < -0.3 is 4.74 Å². The minimum atomic E-state index is -0.705. The Hall–Kier alpha value is -2.17. The Morgan fingerprint density at radius 3 is 2.82 bits per heavy atom. The van der Waals surface area contributed by atoms with E-state index in [0.717, 1.165) is 5.56 Å². The first-order chi connectivity index (χ1) is 8.13. The first kappa shape index (κ1) is 12.9. The molecule has 0 aliphatic carbocycles. The highest BCUT2D eigenvalue weighted by molar-refractivity contribution is 5.80. The van der Waals surface area contributed by atoms with E-state index in [1.54, 1.807) is 18.2 Å². The van der Waals surface area contributed by atoms with Crippen molar-refractivity contribution in [3.05, 3.63) is 52.6 Å². The molecule has 5 nitrogen and oxygen atoms in total. The maximum Gasteiger partial charge on any atom is 0.264 e. The summed E-state index contributed by atoms with van der Waals surface area (Å²) >= 11 is 0. The molecule has 0 unspecified atom stereocenters. The predicted octanol–water partition coefficient (Wildman–Crippen LogP) is 1.64. The lowest BCUT2D eigenvalue weighted by Gasteiger charge is -2.08. The fourth-order valence-electron chi connectivity index (χ4n) is 1.32. The number of rotatable bonds is 7. The first-order valence-electron chi connectivity index (χ1n) is 5.08. The maximum atomic E-state index is 11.1. The summed E-state index contributed by atoms with van der Waals surface area (Å²) in [5.41, 5.74) is 0.899. The molecule has 0 aromatic heterocycles. The molecule has 0 bridgehead atoms. The van der Waals surface area contributed by atoms with Crippen LogP contribution in [0.15, 0.2) is 36.9 Å². The number of hydrogen-bond donors (Lipinski definition) is 0. The van der Waals surface area contributed by atoms with Crippen LogP contribution >= 0.6 is 0 Å². The van der Waals surface area contributed by atoms with Gasteiger partial charge in [0.2, 0.25) is 5.78 Å². The minimum absolute atomic E-state index is 0.283. The van der Waals surface area contributed by atoms with Crippen LogP contribution in [0, 0.1) is 10.1 Å². The number of ether oxygens (including phenoxy) is 1. The largest absolute Gasteiger partial charge is 0.485 e. The highest BCUT2D eigenvalue weighted by atomic mass is 16.6. The summed E-state index contributed by atoms with van der Waals surface area (Å²) < 4.78 is 5.25. The Morgan fingerprint density at radius 1 is 1.47 bits per heavy atom. The molecule has 5 heteroatoms. The molecule has 0 radical (unpaired) electrons. The van der Waals surface area contributed by atoms with Gasteiger partial charge in [-0.1, -0.05) is 24.3 Å². The van der Waals surface area contributed by atoms with Crippen molar-refractivity contribution in [1.29, 1.82) is 0 Å². The van der Waals surface area contributed by atoms with E-state index in [0.29, 0.717) is 12.2 Å². The lowest BCUT2D eigenvalue weighted by molar-refractivity contribution is -0.467. The van der Waals surface area contributed by atoms with Gasteiger partial charge in [-0.25, -0.2) is 0 Å². The quantitative estimate of drug-likeness (QED) is 0.409. The average molecular weight is 235 g/mol. The number of carbonyl (C=O) groups excluding carboxylic acids is 1. The van der Waals surface area contributed by atoms with Crippen LogP contribution in [0.5, 0.6) is 5.75 Å². The summed E-state index contributed by atoms with van der Waals surface area (Å²) in [7, 11) is 0. The summed E-state index contributed by atoms with van der Waals surface area (Å²) in [6, 6.07) is 7.21. The molecular formula is C12H13NO4. The molecule has 0 N–H and O–H groups in total. The summed E-state index contributed by atoms with van der Waals surface area (Å²) in [5, 5.41) is 10.1. The molecule has 0 aliphatic heterocycles. The Labute approximate surface area is 98.9 Å². The topological polar surface area (TPSA) is 69.4 Å². The summed E-state index contributed by atoms with van der Waals surface area (Å²) in [5.74, 6) is 0.00695. The Bertz CT molecular complexity index is 428. The third kappa shape index (κ3) is 4.46. The molecule has 90 valence electrons. The highest BCUT2D eigenvalue weighted by Gasteiger charge is 2.11. The molecule has 0 atom stereocenters. The van der Waals surface area contributed by atoms with E-state index >= 15 is 0 Å². The van der Waals surface area contributed by atoms with Crippen molar-refractivity contribution >= 4 is 5.78 Å². The number of carbonyl (C=O) groups is 1.